The van der Waals surface area contributed by atoms with Crippen LogP contribution in [-0.4, -0.2) is 17.5 Å². The van der Waals surface area contributed by atoms with E-state index in [9.17, 15) is 0 Å². The van der Waals surface area contributed by atoms with Crippen molar-refractivity contribution in [1.29, 1.82) is 0 Å². The second-order valence-corrected chi connectivity index (χ2v) is 4.79. The number of hydrogen-bond donors (Lipinski definition) is 0. The predicted molar refractivity (Wildman–Crippen MR) is 80.7 cm³/mol. The molecular formula is C16H22ClNO. The van der Waals surface area contributed by atoms with Crippen LogP contribution >= 0.6 is 11.6 Å². The van der Waals surface area contributed by atoms with Crippen LogP contribution in [-0.2, 0) is 0 Å². The number of ether oxygens (including phenoxy) is 1. The van der Waals surface area contributed by atoms with E-state index in [4.69, 9.17) is 16.3 Å². The van der Waals surface area contributed by atoms with E-state index >= 15 is 0 Å². The summed E-state index contributed by atoms with van der Waals surface area (Å²) in [5.74, 6) is 7.38. The number of aromatic nitrogens is 1. The molecule has 0 unspecified atom stereocenters. The van der Waals surface area contributed by atoms with Crippen LogP contribution in [0.2, 0.25) is 0 Å². The summed E-state index contributed by atoms with van der Waals surface area (Å²) in [4.78, 5) is 4.13. The van der Waals surface area contributed by atoms with Crippen LogP contribution in [0.25, 0.3) is 0 Å². The van der Waals surface area contributed by atoms with Crippen LogP contribution in [0.15, 0.2) is 18.5 Å². The van der Waals surface area contributed by atoms with Gasteiger partial charge in [0.15, 0.2) is 0 Å². The van der Waals surface area contributed by atoms with E-state index in [1.807, 2.05) is 6.07 Å². The molecule has 104 valence electrons. The maximum absolute atomic E-state index is 5.68. The summed E-state index contributed by atoms with van der Waals surface area (Å²) in [6.45, 7) is 2.98. The fourth-order valence-electron chi connectivity index (χ4n) is 1.67. The molecule has 2 nitrogen and oxygen atoms in total. The van der Waals surface area contributed by atoms with E-state index in [1.165, 1.54) is 25.7 Å². The lowest BCUT2D eigenvalue weighted by atomic mass is 10.2. The first-order chi connectivity index (χ1) is 9.36. The molecule has 0 aliphatic heterocycles. The van der Waals surface area contributed by atoms with Gasteiger partial charge in [-0.2, -0.15) is 0 Å². The maximum Gasteiger partial charge on any atom is 0.138 e. The molecule has 0 aliphatic rings. The molecule has 1 aromatic rings. The molecule has 0 aromatic carbocycles. The Kier molecular flexibility index (Phi) is 8.93. The van der Waals surface area contributed by atoms with Crippen LogP contribution in [0.3, 0.4) is 0 Å². The molecule has 0 N–H and O–H groups in total. The van der Waals surface area contributed by atoms with Crippen LogP contribution < -0.4 is 4.74 Å². The number of nitrogens with zero attached hydrogens (tertiary/aromatic N) is 1. The summed E-state index contributed by atoms with van der Waals surface area (Å²) in [6, 6.07) is 1.93. The average Bonchev–Trinajstić information content (AvgIpc) is 2.43. The zero-order valence-corrected chi connectivity index (χ0v) is 12.4. The zero-order valence-electron chi connectivity index (χ0n) is 11.6. The molecule has 0 aliphatic carbocycles. The lowest BCUT2D eigenvalue weighted by molar-refractivity contribution is 0.303. The molecule has 0 bridgehead atoms. The third-order valence-corrected chi connectivity index (χ3v) is 2.87. The molecule has 0 radical (unpaired) electrons. The number of alkyl halides is 1. The van der Waals surface area contributed by atoms with Crippen molar-refractivity contribution in [2.75, 3.05) is 12.5 Å². The smallest absolute Gasteiger partial charge is 0.138 e. The SMILES string of the molecule is CCCCCCCOc1cncc(C#CCCCl)c1. The molecule has 3 heteroatoms. The highest BCUT2D eigenvalue weighted by Gasteiger charge is 1.96. The molecule has 1 heterocycles. The molecule has 0 amide bonds. The van der Waals surface area contributed by atoms with E-state index in [-0.39, 0.29) is 0 Å². The Bertz CT molecular complexity index is 409. The Morgan fingerprint density at radius 3 is 2.84 bits per heavy atom. The van der Waals surface area contributed by atoms with Crippen molar-refractivity contribution in [3.63, 3.8) is 0 Å². The van der Waals surface area contributed by atoms with Gasteiger partial charge in [-0.15, -0.1) is 11.6 Å². The van der Waals surface area contributed by atoms with Crippen LogP contribution in [0, 0.1) is 11.8 Å². The van der Waals surface area contributed by atoms with Gasteiger partial charge in [-0.1, -0.05) is 44.4 Å². The largest absolute Gasteiger partial charge is 0.492 e. The van der Waals surface area contributed by atoms with E-state index in [2.05, 4.69) is 23.7 Å². The number of hydrogen-bond acceptors (Lipinski definition) is 2. The van der Waals surface area contributed by atoms with Gasteiger partial charge in [-0.25, -0.2) is 0 Å². The number of halogens is 1. The topological polar surface area (TPSA) is 22.1 Å². The molecule has 1 rings (SSSR count). The van der Waals surface area contributed by atoms with Crippen LogP contribution in [0.1, 0.15) is 51.0 Å². The summed E-state index contributed by atoms with van der Waals surface area (Å²) in [7, 11) is 0. The molecule has 19 heavy (non-hydrogen) atoms. The normalized spacial score (nSPS) is 9.79. The lowest BCUT2D eigenvalue weighted by Gasteiger charge is -2.05. The lowest BCUT2D eigenvalue weighted by Crippen LogP contribution is -1.98. The number of pyridine rings is 1. The van der Waals surface area contributed by atoms with Gasteiger partial charge < -0.3 is 4.74 Å². The highest BCUT2D eigenvalue weighted by molar-refractivity contribution is 6.18. The summed E-state index contributed by atoms with van der Waals surface area (Å²) in [5.41, 5.74) is 0.883. The molecule has 0 saturated heterocycles. The van der Waals surface area contributed by atoms with Gasteiger partial charge in [-0.3, -0.25) is 4.98 Å². The fraction of sp³-hybridized carbons (Fsp3) is 0.562. The third-order valence-electron chi connectivity index (χ3n) is 2.68. The minimum absolute atomic E-state index is 0.564. The zero-order chi connectivity index (χ0) is 13.8. The van der Waals surface area contributed by atoms with Gasteiger partial charge in [0, 0.05) is 24.1 Å². The molecule has 1 aromatic heterocycles. The summed E-state index contributed by atoms with van der Waals surface area (Å²) in [6.07, 6.45) is 10.4. The molecular weight excluding hydrogens is 258 g/mol. The first-order valence-corrected chi connectivity index (χ1v) is 7.53. The standard InChI is InChI=1S/C16H22ClNO/c1-2-3-4-5-8-11-19-16-12-15(13-18-14-16)9-6-7-10-17/h12-14H,2-5,7-8,10-11H2,1H3. The number of rotatable bonds is 8. The molecule has 0 spiro atoms. The van der Waals surface area contributed by atoms with Crippen LogP contribution in [0.4, 0.5) is 0 Å². The van der Waals surface area contributed by atoms with Crippen molar-refractivity contribution in [3.8, 4) is 17.6 Å². The van der Waals surface area contributed by atoms with Crippen molar-refractivity contribution in [2.24, 2.45) is 0 Å². The summed E-state index contributed by atoms with van der Waals surface area (Å²) in [5, 5.41) is 0. The Morgan fingerprint density at radius 2 is 2.05 bits per heavy atom. The van der Waals surface area contributed by atoms with Crippen molar-refractivity contribution >= 4 is 11.6 Å². The minimum atomic E-state index is 0.564. The van der Waals surface area contributed by atoms with E-state index in [1.54, 1.807) is 12.4 Å². The highest BCUT2D eigenvalue weighted by atomic mass is 35.5. The van der Waals surface area contributed by atoms with E-state index < -0.39 is 0 Å². The first-order valence-electron chi connectivity index (χ1n) is 6.99. The molecule has 0 saturated carbocycles. The number of unbranched alkanes of at least 4 members (excludes halogenated alkanes) is 4. The second kappa shape index (κ2) is 10.7. The van der Waals surface area contributed by atoms with Gasteiger partial charge in [0.2, 0.25) is 0 Å². The summed E-state index contributed by atoms with van der Waals surface area (Å²) < 4.78 is 5.68. The quantitative estimate of drug-likeness (QED) is 0.399. The monoisotopic (exact) mass is 279 g/mol. The Balaban J connectivity index is 2.30. The van der Waals surface area contributed by atoms with E-state index in [0.717, 1.165) is 24.3 Å². The Labute approximate surface area is 121 Å². The first kappa shape index (κ1) is 15.9. The van der Waals surface area contributed by atoms with E-state index in [0.29, 0.717) is 12.3 Å². The van der Waals surface area contributed by atoms with Gasteiger partial charge >= 0.3 is 0 Å². The Hall–Kier alpha value is -1.20. The third kappa shape index (κ3) is 7.74. The van der Waals surface area contributed by atoms with Crippen LogP contribution in [0.5, 0.6) is 5.75 Å². The van der Waals surface area contributed by atoms with Gasteiger partial charge in [0.1, 0.15) is 5.75 Å². The predicted octanol–water partition coefficient (Wildman–Crippen LogP) is 4.41. The fourth-order valence-corrected chi connectivity index (χ4v) is 1.77. The minimum Gasteiger partial charge on any atom is -0.492 e. The maximum atomic E-state index is 5.68. The van der Waals surface area contributed by atoms with Gasteiger partial charge in [0.25, 0.3) is 0 Å². The second-order valence-electron chi connectivity index (χ2n) is 4.41. The van der Waals surface area contributed by atoms with Crippen molar-refractivity contribution in [2.45, 2.75) is 45.4 Å². The highest BCUT2D eigenvalue weighted by Crippen LogP contribution is 2.11. The van der Waals surface area contributed by atoms with Crippen molar-refractivity contribution in [1.82, 2.24) is 4.98 Å². The van der Waals surface area contributed by atoms with Gasteiger partial charge in [-0.05, 0) is 12.5 Å². The molecule has 0 atom stereocenters. The molecule has 0 fully saturated rings. The van der Waals surface area contributed by atoms with Gasteiger partial charge in [0.05, 0.1) is 12.8 Å². The Morgan fingerprint density at radius 1 is 1.21 bits per heavy atom. The summed E-state index contributed by atoms with van der Waals surface area (Å²) >= 11 is 5.58. The van der Waals surface area contributed by atoms with Crippen molar-refractivity contribution < 1.29 is 4.74 Å². The average molecular weight is 280 g/mol. The van der Waals surface area contributed by atoms with Crippen molar-refractivity contribution in [3.05, 3.63) is 24.0 Å².